The summed E-state index contributed by atoms with van der Waals surface area (Å²) in [6.45, 7) is 0. The Bertz CT molecular complexity index is 408. The van der Waals surface area contributed by atoms with Crippen molar-refractivity contribution in [2.24, 2.45) is 0 Å². The van der Waals surface area contributed by atoms with Gasteiger partial charge in [-0.05, 0) is 24.3 Å². The Labute approximate surface area is 89.3 Å². The average molecular weight is 258 g/mol. The summed E-state index contributed by atoms with van der Waals surface area (Å²) in [6.07, 6.45) is 3.45. The summed E-state index contributed by atoms with van der Waals surface area (Å²) < 4.78 is 2.93. The molecule has 0 fully saturated rings. The average Bonchev–Trinajstić information content (AvgIpc) is 2.53. The van der Waals surface area contributed by atoms with Gasteiger partial charge in [0.05, 0.1) is 0 Å². The van der Waals surface area contributed by atoms with Crippen molar-refractivity contribution < 1.29 is 0 Å². The maximum Gasteiger partial charge on any atom is 0.147 e. The number of halogens is 2. The summed E-state index contributed by atoms with van der Waals surface area (Å²) in [6, 6.07) is 7.93. The number of nitrogens with zero attached hydrogens (tertiary/aromatic N) is 2. The summed E-state index contributed by atoms with van der Waals surface area (Å²) in [5, 5.41) is 0.503. The van der Waals surface area contributed by atoms with Crippen LogP contribution in [0.25, 0.3) is 5.69 Å². The van der Waals surface area contributed by atoms with E-state index in [2.05, 4.69) is 20.9 Å². The van der Waals surface area contributed by atoms with Crippen LogP contribution in [0.15, 0.2) is 41.3 Å². The third kappa shape index (κ3) is 1.92. The van der Waals surface area contributed by atoms with Gasteiger partial charge in [-0.2, -0.15) is 0 Å². The first-order valence-corrected chi connectivity index (χ1v) is 4.88. The molecule has 1 heterocycles. The Morgan fingerprint density at radius 3 is 2.46 bits per heavy atom. The lowest BCUT2D eigenvalue weighted by molar-refractivity contribution is 1.06. The number of aromatic nitrogens is 2. The largest absolute Gasteiger partial charge is 0.305 e. The Balaban J connectivity index is 2.41. The fourth-order valence-corrected chi connectivity index (χ4v) is 1.47. The van der Waals surface area contributed by atoms with Crippen LogP contribution < -0.4 is 0 Å². The number of hydrogen-bond acceptors (Lipinski definition) is 1. The van der Waals surface area contributed by atoms with Gasteiger partial charge in [-0.25, -0.2) is 4.98 Å². The molecule has 1 aromatic carbocycles. The minimum atomic E-state index is 0.503. The molecular weight excluding hydrogens is 251 g/mol. The molecule has 0 atom stereocenters. The minimum Gasteiger partial charge on any atom is -0.305 e. The molecule has 0 spiro atoms. The zero-order valence-corrected chi connectivity index (χ0v) is 8.96. The van der Waals surface area contributed by atoms with Crippen LogP contribution in [0.4, 0.5) is 0 Å². The van der Waals surface area contributed by atoms with Crippen molar-refractivity contribution in [3.8, 4) is 5.69 Å². The van der Waals surface area contributed by atoms with Crippen LogP contribution in [0.3, 0.4) is 0 Å². The van der Waals surface area contributed by atoms with Crippen LogP contribution in [0.1, 0.15) is 0 Å². The van der Waals surface area contributed by atoms with Gasteiger partial charge in [-0.15, -0.1) is 0 Å². The zero-order valence-electron chi connectivity index (χ0n) is 6.61. The monoisotopic (exact) mass is 256 g/mol. The molecule has 0 N–H and O–H groups in total. The molecule has 0 saturated heterocycles. The van der Waals surface area contributed by atoms with Crippen LogP contribution in [0.5, 0.6) is 0 Å². The molecule has 0 aliphatic heterocycles. The Morgan fingerprint density at radius 1 is 1.23 bits per heavy atom. The summed E-state index contributed by atoms with van der Waals surface area (Å²) in [5.41, 5.74) is 1.04. The van der Waals surface area contributed by atoms with Crippen LogP contribution in [0.2, 0.25) is 5.15 Å². The van der Waals surface area contributed by atoms with Gasteiger partial charge in [-0.3, -0.25) is 0 Å². The number of hydrogen-bond donors (Lipinski definition) is 0. The van der Waals surface area contributed by atoms with Crippen molar-refractivity contribution in [2.75, 3.05) is 0 Å². The Hall–Kier alpha value is -0.800. The third-order valence-electron chi connectivity index (χ3n) is 1.68. The van der Waals surface area contributed by atoms with Crippen molar-refractivity contribution in [1.82, 2.24) is 9.55 Å². The topological polar surface area (TPSA) is 17.8 Å². The van der Waals surface area contributed by atoms with E-state index in [0.29, 0.717) is 5.15 Å². The lowest BCUT2D eigenvalue weighted by Crippen LogP contribution is -1.87. The van der Waals surface area contributed by atoms with Gasteiger partial charge in [0, 0.05) is 16.4 Å². The van der Waals surface area contributed by atoms with Crippen molar-refractivity contribution >= 4 is 27.5 Å². The van der Waals surface area contributed by atoms with Crippen molar-refractivity contribution in [2.45, 2.75) is 0 Å². The van der Waals surface area contributed by atoms with Gasteiger partial charge in [0.1, 0.15) is 11.5 Å². The third-order valence-corrected chi connectivity index (χ3v) is 2.40. The highest BCUT2D eigenvalue weighted by Gasteiger charge is 1.97. The van der Waals surface area contributed by atoms with Gasteiger partial charge in [0.15, 0.2) is 0 Å². The Morgan fingerprint density at radius 2 is 1.92 bits per heavy atom. The molecule has 4 heteroatoms. The normalized spacial score (nSPS) is 10.3. The molecule has 0 saturated carbocycles. The number of imidazole rings is 1. The fraction of sp³-hybridized carbons (Fsp3) is 0. The number of rotatable bonds is 1. The molecule has 1 aromatic heterocycles. The molecule has 2 nitrogen and oxygen atoms in total. The van der Waals surface area contributed by atoms with E-state index in [1.165, 1.54) is 0 Å². The van der Waals surface area contributed by atoms with E-state index in [9.17, 15) is 0 Å². The number of benzene rings is 1. The molecule has 0 radical (unpaired) electrons. The highest BCUT2D eigenvalue weighted by Crippen LogP contribution is 2.15. The van der Waals surface area contributed by atoms with Crippen molar-refractivity contribution in [3.05, 3.63) is 46.4 Å². The lowest BCUT2D eigenvalue weighted by atomic mass is 10.3. The van der Waals surface area contributed by atoms with E-state index >= 15 is 0 Å². The summed E-state index contributed by atoms with van der Waals surface area (Å²) >= 11 is 9.07. The summed E-state index contributed by atoms with van der Waals surface area (Å²) in [7, 11) is 0. The first-order valence-electron chi connectivity index (χ1n) is 3.71. The molecule has 13 heavy (non-hydrogen) atoms. The molecule has 0 amide bonds. The van der Waals surface area contributed by atoms with Gasteiger partial charge in [0.2, 0.25) is 0 Å². The quantitative estimate of drug-likeness (QED) is 0.766. The van der Waals surface area contributed by atoms with Crippen LogP contribution in [-0.4, -0.2) is 9.55 Å². The fourth-order valence-electron chi connectivity index (χ4n) is 1.05. The molecule has 0 unspecified atom stereocenters. The molecular formula is C9H6BrClN2. The minimum absolute atomic E-state index is 0.503. The van der Waals surface area contributed by atoms with Gasteiger partial charge in [0.25, 0.3) is 0 Å². The van der Waals surface area contributed by atoms with Crippen molar-refractivity contribution in [1.29, 1.82) is 0 Å². The first-order chi connectivity index (χ1) is 6.25. The predicted molar refractivity (Wildman–Crippen MR) is 56.3 cm³/mol. The summed E-state index contributed by atoms with van der Waals surface area (Å²) in [4.78, 5) is 3.93. The van der Waals surface area contributed by atoms with E-state index in [0.717, 1.165) is 10.2 Å². The molecule has 0 aliphatic rings. The highest BCUT2D eigenvalue weighted by atomic mass is 79.9. The molecule has 0 aliphatic carbocycles. The lowest BCUT2D eigenvalue weighted by Gasteiger charge is -2.00. The van der Waals surface area contributed by atoms with Gasteiger partial charge >= 0.3 is 0 Å². The van der Waals surface area contributed by atoms with Crippen LogP contribution in [-0.2, 0) is 0 Å². The molecule has 2 rings (SSSR count). The maximum absolute atomic E-state index is 5.70. The summed E-state index contributed by atoms with van der Waals surface area (Å²) in [5.74, 6) is 0. The molecule has 0 bridgehead atoms. The highest BCUT2D eigenvalue weighted by molar-refractivity contribution is 9.10. The Kier molecular flexibility index (Phi) is 2.38. The van der Waals surface area contributed by atoms with Gasteiger partial charge in [-0.1, -0.05) is 27.5 Å². The van der Waals surface area contributed by atoms with E-state index in [-0.39, 0.29) is 0 Å². The first kappa shape index (κ1) is 8.78. The molecule has 2 aromatic rings. The van der Waals surface area contributed by atoms with E-state index in [1.807, 2.05) is 28.8 Å². The van der Waals surface area contributed by atoms with Crippen molar-refractivity contribution in [3.63, 3.8) is 0 Å². The van der Waals surface area contributed by atoms with E-state index in [4.69, 9.17) is 11.6 Å². The SMILES string of the molecule is Clc1cn(-c2ccc(Br)cc2)cn1. The predicted octanol–water partition coefficient (Wildman–Crippen LogP) is 3.29. The standard InChI is InChI=1S/C9H6BrClN2/c10-7-1-3-8(4-2-7)13-5-9(11)12-6-13/h1-6H. The zero-order chi connectivity index (χ0) is 9.26. The van der Waals surface area contributed by atoms with Crippen LogP contribution >= 0.6 is 27.5 Å². The van der Waals surface area contributed by atoms with E-state index in [1.54, 1.807) is 12.5 Å². The van der Waals surface area contributed by atoms with Crippen LogP contribution in [0, 0.1) is 0 Å². The second-order valence-electron chi connectivity index (χ2n) is 2.58. The molecule has 66 valence electrons. The van der Waals surface area contributed by atoms with E-state index < -0.39 is 0 Å². The van der Waals surface area contributed by atoms with Gasteiger partial charge < -0.3 is 4.57 Å². The smallest absolute Gasteiger partial charge is 0.147 e. The second kappa shape index (κ2) is 3.52. The maximum atomic E-state index is 5.70. The second-order valence-corrected chi connectivity index (χ2v) is 3.88.